The van der Waals surface area contributed by atoms with Crippen molar-refractivity contribution in [2.24, 2.45) is 0 Å². The molecule has 0 amide bonds. The maximum atomic E-state index is 11.3. The number of nitrogens with zero attached hydrogens (tertiary/aromatic N) is 2. The maximum absolute atomic E-state index is 11.3. The Morgan fingerprint density at radius 2 is 2.14 bits per heavy atom. The lowest BCUT2D eigenvalue weighted by molar-refractivity contribution is 0.0520. The second kappa shape index (κ2) is 4.10. The monoisotopic (exact) mass is 216 g/mol. The van der Waals surface area contributed by atoms with Gasteiger partial charge in [-0.15, -0.1) is 0 Å². The van der Waals surface area contributed by atoms with Crippen molar-refractivity contribution in [3.05, 3.63) is 11.0 Å². The molecule has 0 unspecified atom stereocenters. The van der Waals surface area contributed by atoms with Crippen molar-refractivity contribution in [3.63, 3.8) is 0 Å². The molecule has 7 heteroatoms. The number of carbonyl (C=O) groups is 1. The normalized spacial score (nSPS) is 9.86. The van der Waals surface area contributed by atoms with Gasteiger partial charge in [0.1, 0.15) is 5.69 Å². The van der Waals surface area contributed by atoms with Gasteiger partial charge in [0.25, 0.3) is 0 Å². The Bertz CT molecular complexity index is 369. The van der Waals surface area contributed by atoms with Gasteiger partial charge in [-0.25, -0.2) is 9.78 Å². The van der Waals surface area contributed by atoms with Crippen LogP contribution in [0.25, 0.3) is 0 Å². The SMILES string of the molecule is CCOC(=O)c1nc(Cl)nc(N)c1N. The zero-order valence-electron chi connectivity index (χ0n) is 7.45. The van der Waals surface area contributed by atoms with Crippen molar-refractivity contribution in [3.8, 4) is 0 Å². The highest BCUT2D eigenvalue weighted by Gasteiger charge is 2.16. The smallest absolute Gasteiger partial charge is 0.359 e. The summed E-state index contributed by atoms with van der Waals surface area (Å²) in [6.45, 7) is 1.89. The molecule has 1 aromatic rings. The quantitative estimate of drug-likeness (QED) is 0.550. The average molecular weight is 217 g/mol. The van der Waals surface area contributed by atoms with Crippen LogP contribution in [0, 0.1) is 0 Å². The predicted molar refractivity (Wildman–Crippen MR) is 51.8 cm³/mol. The standard InChI is InChI=1S/C7H9ClN4O2/c1-2-14-6(13)4-3(9)5(10)12-7(8)11-4/h2,9H2,1H3,(H2,10,11,12). The summed E-state index contributed by atoms with van der Waals surface area (Å²) in [5.74, 6) is -0.700. The highest BCUT2D eigenvalue weighted by Crippen LogP contribution is 2.18. The van der Waals surface area contributed by atoms with E-state index in [1.165, 1.54) is 0 Å². The van der Waals surface area contributed by atoms with Gasteiger partial charge in [0.2, 0.25) is 5.28 Å². The second-order valence-corrected chi connectivity index (χ2v) is 2.70. The molecule has 14 heavy (non-hydrogen) atoms. The molecule has 4 N–H and O–H groups in total. The van der Waals surface area contributed by atoms with Gasteiger partial charge in [-0.1, -0.05) is 0 Å². The van der Waals surface area contributed by atoms with Crippen LogP contribution >= 0.6 is 11.6 Å². The summed E-state index contributed by atoms with van der Waals surface area (Å²) in [5, 5.41) is -0.139. The molecule has 0 aliphatic carbocycles. The first-order valence-corrected chi connectivity index (χ1v) is 4.19. The number of nitrogen functional groups attached to an aromatic ring is 2. The van der Waals surface area contributed by atoms with Gasteiger partial charge < -0.3 is 16.2 Å². The van der Waals surface area contributed by atoms with E-state index in [0.29, 0.717) is 0 Å². The van der Waals surface area contributed by atoms with Crippen molar-refractivity contribution >= 4 is 29.1 Å². The van der Waals surface area contributed by atoms with Crippen LogP contribution in [-0.4, -0.2) is 22.5 Å². The van der Waals surface area contributed by atoms with E-state index in [0.717, 1.165) is 0 Å². The lowest BCUT2D eigenvalue weighted by atomic mass is 10.3. The second-order valence-electron chi connectivity index (χ2n) is 2.36. The van der Waals surface area contributed by atoms with Crippen LogP contribution in [-0.2, 0) is 4.74 Å². The summed E-state index contributed by atoms with van der Waals surface area (Å²) in [6, 6.07) is 0. The van der Waals surface area contributed by atoms with Crippen LogP contribution in [0.3, 0.4) is 0 Å². The highest BCUT2D eigenvalue weighted by molar-refractivity contribution is 6.28. The van der Waals surface area contributed by atoms with Gasteiger partial charge in [0.05, 0.1) is 6.61 Å². The molecule has 1 aromatic heterocycles. The van der Waals surface area contributed by atoms with Crippen molar-refractivity contribution in [2.45, 2.75) is 6.92 Å². The Hall–Kier alpha value is -1.56. The summed E-state index contributed by atoms with van der Waals surface area (Å²) in [7, 11) is 0. The van der Waals surface area contributed by atoms with Gasteiger partial charge in [0, 0.05) is 0 Å². The molecule has 76 valence electrons. The molecule has 0 fully saturated rings. The number of carbonyl (C=O) groups excluding carboxylic acids is 1. The summed E-state index contributed by atoms with van der Waals surface area (Å²) < 4.78 is 4.70. The molecule has 0 spiro atoms. The first-order chi connectivity index (χ1) is 6.56. The van der Waals surface area contributed by atoms with Gasteiger partial charge >= 0.3 is 5.97 Å². The molecule has 0 saturated carbocycles. The fourth-order valence-electron chi connectivity index (χ4n) is 0.813. The maximum Gasteiger partial charge on any atom is 0.359 e. The van der Waals surface area contributed by atoms with E-state index < -0.39 is 5.97 Å². The minimum Gasteiger partial charge on any atom is -0.461 e. The topological polar surface area (TPSA) is 104 Å². The van der Waals surface area contributed by atoms with Crippen LogP contribution < -0.4 is 11.5 Å². The fraction of sp³-hybridized carbons (Fsp3) is 0.286. The molecule has 0 saturated heterocycles. The Labute approximate surface area is 85.2 Å². The predicted octanol–water partition coefficient (Wildman–Crippen LogP) is 0.471. The van der Waals surface area contributed by atoms with Crippen LogP contribution in [0.1, 0.15) is 17.4 Å². The number of ether oxygens (including phenoxy) is 1. The van der Waals surface area contributed by atoms with Gasteiger partial charge in [-0.3, -0.25) is 0 Å². The minimum absolute atomic E-state index is 0.0205. The molecule has 1 rings (SSSR count). The lowest BCUT2D eigenvalue weighted by Crippen LogP contribution is -2.13. The summed E-state index contributed by atoms with van der Waals surface area (Å²) in [6.07, 6.45) is 0. The van der Waals surface area contributed by atoms with Crippen molar-refractivity contribution < 1.29 is 9.53 Å². The number of nitrogens with two attached hydrogens (primary N) is 2. The van der Waals surface area contributed by atoms with Crippen LogP contribution in [0.5, 0.6) is 0 Å². The van der Waals surface area contributed by atoms with Gasteiger partial charge in [-0.2, -0.15) is 4.98 Å². The van der Waals surface area contributed by atoms with Crippen molar-refractivity contribution in [1.29, 1.82) is 0 Å². The van der Waals surface area contributed by atoms with Crippen molar-refractivity contribution in [2.75, 3.05) is 18.1 Å². The number of halogens is 1. The Kier molecular flexibility index (Phi) is 3.08. The first-order valence-electron chi connectivity index (χ1n) is 3.81. The molecule has 0 aromatic carbocycles. The van der Waals surface area contributed by atoms with Crippen LogP contribution in [0.4, 0.5) is 11.5 Å². The number of esters is 1. The van der Waals surface area contributed by atoms with E-state index in [-0.39, 0.29) is 29.1 Å². The molecule has 6 nitrogen and oxygen atoms in total. The molecular formula is C7H9ClN4O2. The fourth-order valence-corrected chi connectivity index (χ4v) is 0.989. The summed E-state index contributed by atoms with van der Waals surface area (Å²) >= 11 is 5.50. The third-order valence-corrected chi connectivity index (χ3v) is 1.59. The summed E-state index contributed by atoms with van der Waals surface area (Å²) in [5.41, 5.74) is 10.7. The summed E-state index contributed by atoms with van der Waals surface area (Å²) in [4.78, 5) is 18.5. The molecule has 0 atom stereocenters. The number of hydrogen-bond donors (Lipinski definition) is 2. The largest absolute Gasteiger partial charge is 0.461 e. The van der Waals surface area contributed by atoms with E-state index >= 15 is 0 Å². The van der Waals surface area contributed by atoms with E-state index in [1.54, 1.807) is 6.92 Å². The number of hydrogen-bond acceptors (Lipinski definition) is 6. The third-order valence-electron chi connectivity index (χ3n) is 1.42. The van der Waals surface area contributed by atoms with Gasteiger partial charge in [0.15, 0.2) is 11.5 Å². The molecule has 0 aliphatic heterocycles. The molecule has 1 heterocycles. The van der Waals surface area contributed by atoms with E-state index in [2.05, 4.69) is 9.97 Å². The third kappa shape index (κ3) is 2.02. The van der Waals surface area contributed by atoms with Crippen LogP contribution in [0.2, 0.25) is 5.28 Å². The Balaban J connectivity index is 3.13. The number of anilines is 2. The minimum atomic E-state index is -0.666. The average Bonchev–Trinajstić information content (AvgIpc) is 2.11. The molecule has 0 aliphatic rings. The zero-order chi connectivity index (χ0) is 10.7. The highest BCUT2D eigenvalue weighted by atomic mass is 35.5. The Morgan fingerprint density at radius 3 is 2.71 bits per heavy atom. The number of aromatic nitrogens is 2. The Morgan fingerprint density at radius 1 is 1.50 bits per heavy atom. The number of rotatable bonds is 2. The zero-order valence-corrected chi connectivity index (χ0v) is 8.21. The van der Waals surface area contributed by atoms with E-state index in [9.17, 15) is 4.79 Å². The lowest BCUT2D eigenvalue weighted by Gasteiger charge is -2.05. The molecule has 0 bridgehead atoms. The molecular weight excluding hydrogens is 208 g/mol. The van der Waals surface area contributed by atoms with E-state index in [1.807, 2.05) is 0 Å². The van der Waals surface area contributed by atoms with Crippen molar-refractivity contribution in [1.82, 2.24) is 9.97 Å². The first kappa shape index (κ1) is 10.5. The van der Waals surface area contributed by atoms with Crippen LogP contribution in [0.15, 0.2) is 0 Å². The molecule has 0 radical (unpaired) electrons. The van der Waals surface area contributed by atoms with Gasteiger partial charge in [-0.05, 0) is 18.5 Å². The van der Waals surface area contributed by atoms with E-state index in [4.69, 9.17) is 27.8 Å².